The average molecular weight is 348 g/mol. The van der Waals surface area contributed by atoms with E-state index in [9.17, 15) is 9.59 Å². The summed E-state index contributed by atoms with van der Waals surface area (Å²) in [6, 6.07) is 5.12. The van der Waals surface area contributed by atoms with Crippen LogP contribution in [0.25, 0.3) is 11.1 Å². The van der Waals surface area contributed by atoms with Gasteiger partial charge in [0.05, 0.1) is 17.7 Å². The Balaban J connectivity index is 1.67. The zero-order valence-electron chi connectivity index (χ0n) is 14.9. The molecule has 0 spiro atoms. The number of carbonyl (C=O) groups is 1. The predicted octanol–water partition coefficient (Wildman–Crippen LogP) is 1.36. The van der Waals surface area contributed by atoms with Crippen LogP contribution in [-0.2, 0) is 11.8 Å². The van der Waals surface area contributed by atoms with Gasteiger partial charge in [-0.1, -0.05) is 0 Å². The molecule has 1 aliphatic heterocycles. The van der Waals surface area contributed by atoms with E-state index in [1.54, 1.807) is 32.4 Å². The topological polar surface area (TPSA) is 88.7 Å². The molecule has 2 heterocycles. The molecule has 0 saturated carbocycles. The van der Waals surface area contributed by atoms with Gasteiger partial charge < -0.3 is 19.8 Å². The fraction of sp³-hybridized carbons (Fsp3) is 0.529. The van der Waals surface area contributed by atoms with E-state index in [-0.39, 0.29) is 18.2 Å². The second-order valence-electron chi connectivity index (χ2n) is 6.64. The maximum absolute atomic E-state index is 12.3. The van der Waals surface area contributed by atoms with Crippen LogP contribution in [0.1, 0.15) is 13.8 Å². The van der Waals surface area contributed by atoms with Crippen molar-refractivity contribution in [2.45, 2.75) is 32.0 Å². The number of nitrogens with one attached hydrogen (secondary N) is 2. The highest BCUT2D eigenvalue weighted by Gasteiger charge is 2.34. The van der Waals surface area contributed by atoms with Crippen molar-refractivity contribution in [1.29, 1.82) is 0 Å². The van der Waals surface area contributed by atoms with Gasteiger partial charge in [0.25, 0.3) is 0 Å². The van der Waals surface area contributed by atoms with Crippen molar-refractivity contribution in [3.8, 4) is 0 Å². The number of methoxy groups -OCH3 is 1. The van der Waals surface area contributed by atoms with Crippen LogP contribution in [0, 0.1) is 0 Å². The van der Waals surface area contributed by atoms with Crippen molar-refractivity contribution in [3.05, 3.63) is 28.7 Å². The number of ether oxygens (including phenoxy) is 1. The lowest BCUT2D eigenvalue weighted by Gasteiger charge is -2.20. The zero-order chi connectivity index (χ0) is 18.1. The van der Waals surface area contributed by atoms with Crippen molar-refractivity contribution in [2.24, 2.45) is 7.05 Å². The molecule has 1 aromatic heterocycles. The number of hydrogen-bond acceptors (Lipinski definition) is 5. The molecule has 0 bridgehead atoms. The molecule has 0 unspecified atom stereocenters. The van der Waals surface area contributed by atoms with Crippen LogP contribution in [0.2, 0.25) is 0 Å². The molecular formula is C17H24N4O4. The van der Waals surface area contributed by atoms with Gasteiger partial charge in [0.15, 0.2) is 5.58 Å². The van der Waals surface area contributed by atoms with Gasteiger partial charge in [-0.15, -0.1) is 0 Å². The molecule has 2 N–H and O–H groups in total. The third-order valence-electron chi connectivity index (χ3n) is 4.69. The first-order chi connectivity index (χ1) is 11.9. The molecule has 0 radical (unpaired) electrons. The number of hydrogen-bond donors (Lipinski definition) is 2. The van der Waals surface area contributed by atoms with Crippen molar-refractivity contribution < 1.29 is 13.9 Å². The van der Waals surface area contributed by atoms with Gasteiger partial charge in [-0.3, -0.25) is 9.47 Å². The molecule has 2 atom stereocenters. The van der Waals surface area contributed by atoms with Gasteiger partial charge in [0, 0.05) is 45.0 Å². The summed E-state index contributed by atoms with van der Waals surface area (Å²) in [6.45, 7) is 5.78. The maximum atomic E-state index is 12.3. The summed E-state index contributed by atoms with van der Waals surface area (Å²) < 4.78 is 12.0. The largest absolute Gasteiger partial charge is 0.419 e. The second kappa shape index (κ2) is 6.89. The molecule has 1 aromatic carbocycles. The van der Waals surface area contributed by atoms with E-state index in [1.807, 2.05) is 0 Å². The number of aromatic nitrogens is 1. The number of aryl methyl sites for hydroxylation is 1. The molecule has 0 aliphatic carbocycles. The monoisotopic (exact) mass is 348 g/mol. The standard InChI is InChI=1S/C17H24N4O4/c1-10(2)21-8-12(15(9-21)24-4)19-16(22)18-11-5-6-13-14(7-11)25-17(23)20(13)3/h5-7,10,12,15H,8-9H2,1-4H3,(H2,18,19,22)/t12-,15-/m0/s1. The van der Waals surface area contributed by atoms with Crippen molar-refractivity contribution in [3.63, 3.8) is 0 Å². The number of amides is 2. The number of rotatable bonds is 4. The molecule has 136 valence electrons. The van der Waals surface area contributed by atoms with E-state index < -0.39 is 5.76 Å². The maximum Gasteiger partial charge on any atom is 0.419 e. The molecule has 1 fully saturated rings. The Kier molecular flexibility index (Phi) is 4.82. The number of carbonyl (C=O) groups excluding carboxylic acids is 1. The quantitative estimate of drug-likeness (QED) is 0.871. The summed E-state index contributed by atoms with van der Waals surface area (Å²) in [5, 5.41) is 5.75. The summed E-state index contributed by atoms with van der Waals surface area (Å²) >= 11 is 0. The Morgan fingerprint density at radius 3 is 2.80 bits per heavy atom. The summed E-state index contributed by atoms with van der Waals surface area (Å²) in [5.41, 5.74) is 1.68. The average Bonchev–Trinajstić information content (AvgIpc) is 3.08. The molecule has 2 aromatic rings. The van der Waals surface area contributed by atoms with E-state index in [4.69, 9.17) is 9.15 Å². The SMILES string of the molecule is CO[C@H]1CN(C(C)C)C[C@@H]1NC(=O)Nc1ccc2c(c1)oc(=O)n2C. The molecule has 8 heteroatoms. The minimum Gasteiger partial charge on any atom is -0.408 e. The highest BCUT2D eigenvalue weighted by Crippen LogP contribution is 2.19. The van der Waals surface area contributed by atoms with Gasteiger partial charge in [0.2, 0.25) is 0 Å². The Morgan fingerprint density at radius 1 is 1.36 bits per heavy atom. The number of urea groups is 1. The minimum atomic E-state index is -0.431. The van der Waals surface area contributed by atoms with Gasteiger partial charge in [-0.2, -0.15) is 0 Å². The highest BCUT2D eigenvalue weighted by atomic mass is 16.5. The smallest absolute Gasteiger partial charge is 0.408 e. The number of benzene rings is 1. The number of fused-ring (bicyclic) bond motifs is 1. The van der Waals surface area contributed by atoms with Crippen LogP contribution in [0.15, 0.2) is 27.4 Å². The molecule has 25 heavy (non-hydrogen) atoms. The fourth-order valence-electron chi connectivity index (χ4n) is 3.15. The Labute approximate surface area is 145 Å². The van der Waals surface area contributed by atoms with Crippen LogP contribution < -0.4 is 16.4 Å². The molecule has 2 amide bonds. The Hall–Kier alpha value is -2.32. The first kappa shape index (κ1) is 17.5. The van der Waals surface area contributed by atoms with Gasteiger partial charge in [-0.05, 0) is 26.0 Å². The lowest BCUT2D eigenvalue weighted by molar-refractivity contribution is 0.0896. The van der Waals surface area contributed by atoms with Crippen LogP contribution in [-0.4, -0.2) is 53.9 Å². The van der Waals surface area contributed by atoms with Crippen molar-refractivity contribution in [2.75, 3.05) is 25.5 Å². The number of anilines is 1. The van der Waals surface area contributed by atoms with E-state index in [0.29, 0.717) is 22.8 Å². The normalized spacial score (nSPS) is 21.2. The van der Waals surface area contributed by atoms with Crippen LogP contribution in [0.4, 0.5) is 10.5 Å². The summed E-state index contributed by atoms with van der Waals surface area (Å²) in [4.78, 5) is 26.1. The third kappa shape index (κ3) is 3.54. The molecule has 8 nitrogen and oxygen atoms in total. The third-order valence-corrected chi connectivity index (χ3v) is 4.69. The van der Waals surface area contributed by atoms with Crippen molar-refractivity contribution in [1.82, 2.24) is 14.8 Å². The van der Waals surface area contributed by atoms with Gasteiger partial charge in [-0.25, -0.2) is 9.59 Å². The van der Waals surface area contributed by atoms with Crippen LogP contribution >= 0.6 is 0 Å². The summed E-state index contributed by atoms with van der Waals surface area (Å²) in [7, 11) is 3.30. The summed E-state index contributed by atoms with van der Waals surface area (Å²) in [6.07, 6.45) is -0.0391. The minimum absolute atomic E-state index is 0.0391. The number of likely N-dealkylation sites (tertiary alicyclic amines) is 1. The zero-order valence-corrected chi connectivity index (χ0v) is 14.9. The summed E-state index contributed by atoms with van der Waals surface area (Å²) in [5.74, 6) is -0.431. The first-order valence-electron chi connectivity index (χ1n) is 8.33. The predicted molar refractivity (Wildman–Crippen MR) is 94.9 cm³/mol. The first-order valence-corrected chi connectivity index (χ1v) is 8.33. The van der Waals surface area contributed by atoms with E-state index in [1.165, 1.54) is 4.57 Å². The molecule has 1 saturated heterocycles. The Morgan fingerprint density at radius 2 is 2.12 bits per heavy atom. The molecular weight excluding hydrogens is 324 g/mol. The van der Waals surface area contributed by atoms with Crippen LogP contribution in [0.5, 0.6) is 0 Å². The van der Waals surface area contributed by atoms with E-state index >= 15 is 0 Å². The van der Waals surface area contributed by atoms with E-state index in [2.05, 4.69) is 29.4 Å². The number of nitrogens with zero attached hydrogens (tertiary/aromatic N) is 2. The van der Waals surface area contributed by atoms with Crippen molar-refractivity contribution >= 4 is 22.8 Å². The second-order valence-corrected chi connectivity index (χ2v) is 6.64. The number of oxazole rings is 1. The lowest BCUT2D eigenvalue weighted by atomic mass is 10.2. The Bertz CT molecular complexity index is 826. The van der Waals surface area contributed by atoms with E-state index in [0.717, 1.165) is 13.1 Å². The van der Waals surface area contributed by atoms with Gasteiger partial charge in [0.1, 0.15) is 0 Å². The van der Waals surface area contributed by atoms with Gasteiger partial charge >= 0.3 is 11.8 Å². The fourth-order valence-corrected chi connectivity index (χ4v) is 3.15. The van der Waals surface area contributed by atoms with Crippen LogP contribution in [0.3, 0.4) is 0 Å². The molecule has 3 rings (SSSR count). The highest BCUT2D eigenvalue weighted by molar-refractivity contribution is 5.91. The lowest BCUT2D eigenvalue weighted by Crippen LogP contribution is -2.45. The molecule has 1 aliphatic rings.